The number of hydrogen-bond acceptors (Lipinski definition) is 4. The second kappa shape index (κ2) is 10.2. The smallest absolute Gasteiger partial charge is 0.493 e. The van der Waals surface area contributed by atoms with E-state index in [1.807, 2.05) is 31.2 Å². The molecule has 0 saturated heterocycles. The van der Waals surface area contributed by atoms with Crippen LogP contribution < -0.4 is 10.1 Å². The maximum Gasteiger partial charge on any atom is 0.573 e. The van der Waals surface area contributed by atoms with Crippen molar-refractivity contribution in [1.82, 2.24) is 9.55 Å². The standard InChI is InChI=1S/C28H25F6N3O2/c1-4-17-6-5-7-18(14-17)23-15-22(36-26(2,3)19-8-13-24(35-16-19)27(29,30)31)25(38)37(23)20-9-11-21(12-10-20)39-28(32,33)34/h5-16,36,38H,4H2,1-3H3. The van der Waals surface area contributed by atoms with Gasteiger partial charge in [0.2, 0.25) is 5.88 Å². The van der Waals surface area contributed by atoms with Gasteiger partial charge < -0.3 is 15.2 Å². The second-order valence-electron chi connectivity index (χ2n) is 9.38. The van der Waals surface area contributed by atoms with Crippen LogP contribution in [0.4, 0.5) is 32.0 Å². The van der Waals surface area contributed by atoms with Crippen molar-refractivity contribution >= 4 is 5.69 Å². The number of hydrogen-bond donors (Lipinski definition) is 2. The Kier molecular flexibility index (Phi) is 7.29. The van der Waals surface area contributed by atoms with Crippen LogP contribution in [-0.2, 0) is 18.1 Å². The molecule has 0 atom stereocenters. The zero-order chi connectivity index (χ0) is 28.6. The molecule has 11 heteroatoms. The highest BCUT2D eigenvalue weighted by Crippen LogP contribution is 2.41. The Morgan fingerprint density at radius 1 is 0.923 bits per heavy atom. The van der Waals surface area contributed by atoms with E-state index in [1.54, 1.807) is 19.9 Å². The topological polar surface area (TPSA) is 59.3 Å². The first-order valence-corrected chi connectivity index (χ1v) is 11.9. The molecule has 39 heavy (non-hydrogen) atoms. The highest BCUT2D eigenvalue weighted by Gasteiger charge is 2.34. The fourth-order valence-corrected chi connectivity index (χ4v) is 4.15. The summed E-state index contributed by atoms with van der Waals surface area (Å²) in [6.07, 6.45) is -7.55. The minimum Gasteiger partial charge on any atom is -0.493 e. The summed E-state index contributed by atoms with van der Waals surface area (Å²) in [6.45, 7) is 5.42. The van der Waals surface area contributed by atoms with Crippen molar-refractivity contribution in [2.75, 3.05) is 5.32 Å². The number of halogens is 6. The summed E-state index contributed by atoms with van der Waals surface area (Å²) in [4.78, 5) is 3.53. The van der Waals surface area contributed by atoms with Gasteiger partial charge in [-0.1, -0.05) is 31.2 Å². The SMILES string of the molecule is CCc1cccc(-c2cc(NC(C)(C)c3ccc(C(F)(F)F)nc3)c(O)n2-c2ccc(OC(F)(F)F)cc2)c1. The van der Waals surface area contributed by atoms with Crippen molar-refractivity contribution in [3.63, 3.8) is 0 Å². The Bertz CT molecular complexity index is 1440. The maximum absolute atomic E-state index is 13.0. The van der Waals surface area contributed by atoms with Crippen LogP contribution in [0.1, 0.15) is 37.6 Å². The number of alkyl halides is 6. The second-order valence-corrected chi connectivity index (χ2v) is 9.38. The molecule has 2 aromatic carbocycles. The van der Waals surface area contributed by atoms with Gasteiger partial charge in [0.1, 0.15) is 11.4 Å². The van der Waals surface area contributed by atoms with Crippen molar-refractivity contribution in [3.8, 4) is 28.6 Å². The van der Waals surface area contributed by atoms with Gasteiger partial charge in [-0.3, -0.25) is 9.55 Å². The molecular weight excluding hydrogens is 524 g/mol. The average molecular weight is 550 g/mol. The average Bonchev–Trinajstić information content (AvgIpc) is 3.18. The summed E-state index contributed by atoms with van der Waals surface area (Å²) in [5.74, 6) is -0.661. The molecule has 0 unspecified atom stereocenters. The molecule has 0 bridgehead atoms. The molecule has 5 nitrogen and oxygen atoms in total. The molecule has 0 fully saturated rings. The van der Waals surface area contributed by atoms with Gasteiger partial charge >= 0.3 is 12.5 Å². The Hall–Kier alpha value is -4.15. The summed E-state index contributed by atoms with van der Waals surface area (Å²) in [7, 11) is 0. The number of anilines is 1. The van der Waals surface area contributed by atoms with Gasteiger partial charge in [0, 0.05) is 11.9 Å². The van der Waals surface area contributed by atoms with E-state index in [0.717, 1.165) is 41.9 Å². The molecule has 206 valence electrons. The van der Waals surface area contributed by atoms with Crippen LogP contribution in [0.5, 0.6) is 11.6 Å². The summed E-state index contributed by atoms with van der Waals surface area (Å²) in [6, 6.07) is 16.5. The van der Waals surface area contributed by atoms with Crippen LogP contribution in [0, 0.1) is 0 Å². The monoisotopic (exact) mass is 549 g/mol. The first-order chi connectivity index (χ1) is 18.2. The number of nitrogens with zero attached hydrogens (tertiary/aromatic N) is 2. The molecule has 0 saturated carbocycles. The quantitative estimate of drug-likeness (QED) is 0.229. The fraction of sp³-hybridized carbons (Fsp3) is 0.250. The van der Waals surface area contributed by atoms with Crippen molar-refractivity contribution in [3.05, 3.63) is 89.7 Å². The van der Waals surface area contributed by atoms with E-state index in [-0.39, 0.29) is 11.6 Å². The van der Waals surface area contributed by atoms with E-state index in [4.69, 9.17) is 0 Å². The third-order valence-corrected chi connectivity index (χ3v) is 6.16. The lowest BCUT2D eigenvalue weighted by atomic mass is 9.95. The lowest BCUT2D eigenvalue weighted by Gasteiger charge is -2.27. The van der Waals surface area contributed by atoms with Crippen molar-refractivity contribution in [2.24, 2.45) is 0 Å². The fourth-order valence-electron chi connectivity index (χ4n) is 4.15. The molecule has 2 aromatic heterocycles. The minimum atomic E-state index is -4.85. The zero-order valence-corrected chi connectivity index (χ0v) is 21.2. The number of aromatic nitrogens is 2. The number of ether oxygens (including phenoxy) is 1. The van der Waals surface area contributed by atoms with Crippen molar-refractivity contribution < 1.29 is 36.2 Å². The van der Waals surface area contributed by atoms with E-state index in [2.05, 4.69) is 15.0 Å². The largest absolute Gasteiger partial charge is 0.573 e. The molecule has 0 spiro atoms. The molecule has 0 aliphatic carbocycles. The van der Waals surface area contributed by atoms with Crippen molar-refractivity contribution in [2.45, 2.75) is 45.3 Å². The van der Waals surface area contributed by atoms with Crippen LogP contribution in [0.2, 0.25) is 0 Å². The first-order valence-electron chi connectivity index (χ1n) is 11.9. The van der Waals surface area contributed by atoms with Gasteiger partial charge in [0.15, 0.2) is 0 Å². The number of benzene rings is 2. The molecular formula is C28H25F6N3O2. The van der Waals surface area contributed by atoms with E-state index in [0.29, 0.717) is 16.9 Å². The van der Waals surface area contributed by atoms with Gasteiger partial charge in [-0.2, -0.15) is 13.2 Å². The Morgan fingerprint density at radius 2 is 1.62 bits per heavy atom. The van der Waals surface area contributed by atoms with E-state index >= 15 is 0 Å². The number of rotatable bonds is 7. The third kappa shape index (κ3) is 6.30. The number of aromatic hydroxyl groups is 1. The van der Waals surface area contributed by atoms with Gasteiger partial charge in [-0.15, -0.1) is 13.2 Å². The van der Waals surface area contributed by atoms with Gasteiger partial charge in [0.25, 0.3) is 0 Å². The molecule has 4 rings (SSSR count). The molecule has 2 heterocycles. The van der Waals surface area contributed by atoms with E-state index < -0.39 is 29.5 Å². The van der Waals surface area contributed by atoms with Crippen LogP contribution in [0.25, 0.3) is 16.9 Å². The maximum atomic E-state index is 13.0. The van der Waals surface area contributed by atoms with Crippen LogP contribution in [0.15, 0.2) is 72.9 Å². The van der Waals surface area contributed by atoms with Crippen LogP contribution in [0.3, 0.4) is 0 Å². The summed E-state index contributed by atoms with van der Waals surface area (Å²) < 4.78 is 82.2. The van der Waals surface area contributed by atoms with E-state index in [1.165, 1.54) is 22.8 Å². The lowest BCUT2D eigenvalue weighted by Crippen LogP contribution is -2.28. The van der Waals surface area contributed by atoms with Gasteiger partial charge in [-0.05, 0) is 79.4 Å². The number of pyridine rings is 1. The normalized spacial score (nSPS) is 12.4. The first kappa shape index (κ1) is 27.9. The van der Waals surface area contributed by atoms with Gasteiger partial charge in [0.05, 0.1) is 16.9 Å². The number of aryl methyl sites for hydroxylation is 1. The molecule has 0 aliphatic rings. The summed E-state index contributed by atoms with van der Waals surface area (Å²) in [5.41, 5.74) is 1.37. The van der Waals surface area contributed by atoms with Gasteiger partial charge in [-0.25, -0.2) is 0 Å². The van der Waals surface area contributed by atoms with Crippen LogP contribution in [-0.4, -0.2) is 21.0 Å². The molecule has 4 aromatic rings. The summed E-state index contributed by atoms with van der Waals surface area (Å²) >= 11 is 0. The number of nitrogens with one attached hydrogen (secondary N) is 1. The summed E-state index contributed by atoms with van der Waals surface area (Å²) in [5, 5.41) is 14.5. The lowest BCUT2D eigenvalue weighted by molar-refractivity contribution is -0.274. The third-order valence-electron chi connectivity index (χ3n) is 6.16. The van der Waals surface area contributed by atoms with Crippen LogP contribution >= 0.6 is 0 Å². The Balaban J connectivity index is 1.77. The highest BCUT2D eigenvalue weighted by molar-refractivity contribution is 5.75. The predicted molar refractivity (Wildman–Crippen MR) is 135 cm³/mol. The Labute approximate surface area is 220 Å². The molecule has 0 amide bonds. The molecule has 0 radical (unpaired) electrons. The molecule has 2 N–H and O–H groups in total. The Morgan fingerprint density at radius 3 is 2.18 bits per heavy atom. The van der Waals surface area contributed by atoms with E-state index in [9.17, 15) is 31.4 Å². The molecule has 0 aliphatic heterocycles. The highest BCUT2D eigenvalue weighted by atomic mass is 19.4. The van der Waals surface area contributed by atoms with Crippen molar-refractivity contribution in [1.29, 1.82) is 0 Å². The zero-order valence-electron chi connectivity index (χ0n) is 21.2. The predicted octanol–water partition coefficient (Wildman–Crippen LogP) is 8.07. The minimum absolute atomic E-state index is 0.246.